The zero-order valence-corrected chi connectivity index (χ0v) is 30.9. The van der Waals surface area contributed by atoms with Crippen molar-refractivity contribution in [3.8, 4) is 0 Å². The fourth-order valence-corrected chi connectivity index (χ4v) is 11.4. The maximum absolute atomic E-state index is 12.4. The number of hydrogen-bond donors (Lipinski definition) is 1. The van der Waals surface area contributed by atoms with E-state index in [2.05, 4.69) is 13.8 Å². The molecule has 0 aromatic heterocycles. The van der Waals surface area contributed by atoms with E-state index >= 15 is 0 Å². The predicted octanol–water partition coefficient (Wildman–Crippen LogP) is 3.78. The molecule has 5 atom stereocenters. The molecule has 3 unspecified atom stereocenters. The van der Waals surface area contributed by atoms with Crippen LogP contribution in [0.3, 0.4) is 0 Å². The molecule has 2 aromatic carbocycles. The molecule has 1 saturated heterocycles. The maximum atomic E-state index is 12.4. The van der Waals surface area contributed by atoms with E-state index in [1.54, 1.807) is 21.6 Å². The summed E-state index contributed by atoms with van der Waals surface area (Å²) in [5, 5.41) is 1.64. The summed E-state index contributed by atoms with van der Waals surface area (Å²) in [5.74, 6) is -1.28. The molecule has 0 bridgehead atoms. The maximum Gasteiger partial charge on any atom is 0.303 e. The SMILES string of the molecule is CC(=O)OCC1O[C@@H](OCCSSCCCC(C)(C)[Si](O)(c2ccccc2)c2ccccc2)C(OC(C)=O)C(OC(C)=O)[C@@H]1OC(C)=O. The van der Waals surface area contributed by atoms with E-state index in [9.17, 15) is 24.0 Å². The van der Waals surface area contributed by atoms with Gasteiger partial charge in [-0.05, 0) is 28.3 Å². The van der Waals surface area contributed by atoms with Gasteiger partial charge in [0.25, 0.3) is 8.32 Å². The molecule has 1 aliphatic rings. The van der Waals surface area contributed by atoms with Gasteiger partial charge in [-0.1, -0.05) is 96.1 Å². The second-order valence-electron chi connectivity index (χ2n) is 12.0. The Bertz CT molecular complexity index is 1310. The second kappa shape index (κ2) is 18.8. The van der Waals surface area contributed by atoms with Crippen molar-refractivity contribution >= 4 is 64.2 Å². The van der Waals surface area contributed by atoms with Crippen LogP contribution >= 0.6 is 21.6 Å². The van der Waals surface area contributed by atoms with Crippen LogP contribution in [0, 0.1) is 0 Å². The van der Waals surface area contributed by atoms with Crippen molar-refractivity contribution in [3.05, 3.63) is 60.7 Å². The minimum Gasteiger partial charge on any atom is -0.463 e. The van der Waals surface area contributed by atoms with Crippen LogP contribution < -0.4 is 10.4 Å². The fraction of sp³-hybridized carbons (Fsp3) is 0.529. The molecule has 0 aliphatic carbocycles. The average Bonchev–Trinajstić information content (AvgIpc) is 3.03. The molecule has 2 aromatic rings. The number of benzene rings is 2. The number of carbonyl (C=O) groups excluding carboxylic acids is 4. The molecule has 1 heterocycles. The number of rotatable bonds is 17. The molecule has 1 N–H and O–H groups in total. The highest BCUT2D eigenvalue weighted by Gasteiger charge is 2.53. The van der Waals surface area contributed by atoms with Crippen molar-refractivity contribution in [2.45, 2.75) is 90.1 Å². The van der Waals surface area contributed by atoms with Gasteiger partial charge in [0, 0.05) is 39.2 Å². The second-order valence-corrected chi connectivity index (χ2v) is 18.6. The minimum absolute atomic E-state index is 0.186. The van der Waals surface area contributed by atoms with E-state index < -0.39 is 62.9 Å². The van der Waals surface area contributed by atoms with Crippen molar-refractivity contribution in [1.82, 2.24) is 0 Å². The average molecular weight is 723 g/mol. The van der Waals surface area contributed by atoms with E-state index in [4.69, 9.17) is 28.4 Å². The highest BCUT2D eigenvalue weighted by Crippen LogP contribution is 2.40. The van der Waals surface area contributed by atoms with Crippen LogP contribution in [0.2, 0.25) is 5.04 Å². The Morgan fingerprint density at radius 1 is 0.750 bits per heavy atom. The molecule has 0 spiro atoms. The summed E-state index contributed by atoms with van der Waals surface area (Å²) < 4.78 is 33.3. The highest BCUT2D eigenvalue weighted by molar-refractivity contribution is 8.76. The van der Waals surface area contributed by atoms with E-state index in [0.717, 1.165) is 29.0 Å². The summed E-state index contributed by atoms with van der Waals surface area (Å²) in [6.45, 7) is 8.91. The topological polar surface area (TPSA) is 144 Å². The van der Waals surface area contributed by atoms with Crippen molar-refractivity contribution in [2.75, 3.05) is 24.7 Å². The van der Waals surface area contributed by atoms with Crippen LogP contribution in [-0.2, 0) is 47.6 Å². The predicted molar refractivity (Wildman–Crippen MR) is 186 cm³/mol. The highest BCUT2D eigenvalue weighted by atomic mass is 33.1. The van der Waals surface area contributed by atoms with Gasteiger partial charge in [0.1, 0.15) is 12.7 Å². The number of carbonyl (C=O) groups is 4. The first-order valence-electron chi connectivity index (χ1n) is 15.8. The van der Waals surface area contributed by atoms with Crippen LogP contribution in [0.1, 0.15) is 54.4 Å². The number of esters is 4. The molecule has 0 amide bonds. The van der Waals surface area contributed by atoms with Gasteiger partial charge < -0.3 is 33.2 Å². The summed E-state index contributed by atoms with van der Waals surface area (Å²) in [7, 11) is 0.210. The molecule has 0 saturated carbocycles. The lowest BCUT2D eigenvalue weighted by Crippen LogP contribution is -2.65. The van der Waals surface area contributed by atoms with Gasteiger partial charge in [-0.25, -0.2) is 0 Å². The van der Waals surface area contributed by atoms with Gasteiger partial charge >= 0.3 is 23.9 Å². The Balaban J connectivity index is 1.59. The van der Waals surface area contributed by atoms with Crippen LogP contribution in [-0.4, -0.2) is 92.4 Å². The van der Waals surface area contributed by atoms with Gasteiger partial charge in [0.2, 0.25) is 0 Å². The fourth-order valence-electron chi connectivity index (χ4n) is 5.70. The lowest BCUT2D eigenvalue weighted by Gasteiger charge is -2.44. The Morgan fingerprint density at radius 3 is 1.77 bits per heavy atom. The third kappa shape index (κ3) is 11.1. The third-order valence-corrected chi connectivity index (χ3v) is 14.9. The minimum atomic E-state index is -3.07. The van der Waals surface area contributed by atoms with Gasteiger partial charge in [0.05, 0.1) is 6.61 Å². The largest absolute Gasteiger partial charge is 0.463 e. The van der Waals surface area contributed by atoms with Crippen LogP contribution in [0.15, 0.2) is 60.7 Å². The molecule has 1 aliphatic heterocycles. The smallest absolute Gasteiger partial charge is 0.303 e. The van der Waals surface area contributed by atoms with E-state index in [-0.39, 0.29) is 18.3 Å². The van der Waals surface area contributed by atoms with Crippen LogP contribution in [0.5, 0.6) is 0 Å². The Labute approximate surface area is 291 Å². The first kappa shape index (κ1) is 39.6. The standard InChI is InChI=1S/C34H46O11S2Si/c1-23(35)41-22-29-30(42-24(2)36)31(43-25(3)37)32(44-26(4)38)33(45-29)40-19-21-47-46-20-13-18-34(5,6)48(39,27-14-9-7-10-15-27)28-16-11-8-12-17-28/h7-12,14-17,29-33,39H,13,18-22H2,1-6H3/t29?,30-,31?,32?,33-/m1/s1. The molecule has 0 radical (unpaired) electrons. The van der Waals surface area contributed by atoms with Crippen LogP contribution in [0.4, 0.5) is 0 Å². The quantitative estimate of drug-likeness (QED) is 0.0833. The van der Waals surface area contributed by atoms with E-state index in [1.807, 2.05) is 60.7 Å². The lowest BCUT2D eigenvalue weighted by molar-refractivity contribution is -0.307. The molecule has 14 heteroatoms. The molecule has 48 heavy (non-hydrogen) atoms. The third-order valence-electron chi connectivity index (χ3n) is 7.87. The van der Waals surface area contributed by atoms with Crippen molar-refractivity contribution in [1.29, 1.82) is 0 Å². The monoisotopic (exact) mass is 722 g/mol. The zero-order valence-electron chi connectivity index (χ0n) is 28.2. The summed E-state index contributed by atoms with van der Waals surface area (Å²) in [6.07, 6.45) is -4.29. The molecule has 264 valence electrons. The number of hydrogen-bond acceptors (Lipinski definition) is 13. The van der Waals surface area contributed by atoms with Gasteiger partial charge in [-0.15, -0.1) is 0 Å². The lowest BCUT2D eigenvalue weighted by atomic mass is 9.98. The van der Waals surface area contributed by atoms with Gasteiger partial charge in [-0.2, -0.15) is 0 Å². The summed E-state index contributed by atoms with van der Waals surface area (Å²) >= 11 is 0. The zero-order chi connectivity index (χ0) is 35.3. The first-order chi connectivity index (χ1) is 22.8. The molecule has 1 fully saturated rings. The Hall–Kier alpha value is -2.88. The Kier molecular flexibility index (Phi) is 15.5. The van der Waals surface area contributed by atoms with Crippen LogP contribution in [0.25, 0.3) is 0 Å². The van der Waals surface area contributed by atoms with Crippen molar-refractivity contribution in [3.63, 3.8) is 0 Å². The molecule has 3 rings (SSSR count). The molecule has 11 nitrogen and oxygen atoms in total. The van der Waals surface area contributed by atoms with Gasteiger partial charge in [0.15, 0.2) is 24.6 Å². The molecular weight excluding hydrogens is 677 g/mol. The van der Waals surface area contributed by atoms with Crippen molar-refractivity contribution in [2.24, 2.45) is 0 Å². The first-order valence-corrected chi connectivity index (χ1v) is 20.2. The summed E-state index contributed by atoms with van der Waals surface area (Å²) in [4.78, 5) is 59.8. The molecular formula is C34H46O11S2Si. The normalized spacial score (nSPS) is 21.2. The van der Waals surface area contributed by atoms with E-state index in [1.165, 1.54) is 27.7 Å². The van der Waals surface area contributed by atoms with Gasteiger partial charge in [-0.3, -0.25) is 19.2 Å². The Morgan fingerprint density at radius 2 is 1.25 bits per heavy atom. The summed E-state index contributed by atoms with van der Waals surface area (Å²) in [6, 6.07) is 19.9. The van der Waals surface area contributed by atoms with Crippen molar-refractivity contribution < 1.29 is 52.4 Å². The summed E-state index contributed by atoms with van der Waals surface area (Å²) in [5.41, 5.74) is 0. The number of ether oxygens (including phenoxy) is 6. The van der Waals surface area contributed by atoms with E-state index in [0.29, 0.717) is 5.75 Å².